The van der Waals surface area contributed by atoms with Gasteiger partial charge in [0.25, 0.3) is 0 Å². The molecule has 0 fully saturated rings. The Kier molecular flexibility index (Phi) is 2.53. The van der Waals surface area contributed by atoms with E-state index in [1.807, 2.05) is 0 Å². The van der Waals surface area contributed by atoms with Crippen LogP contribution in [-0.4, -0.2) is 4.57 Å². The second kappa shape index (κ2) is 4.46. The van der Waals surface area contributed by atoms with Gasteiger partial charge in [-0.15, -0.1) is 0 Å². The van der Waals surface area contributed by atoms with Crippen molar-refractivity contribution >= 4 is 55.2 Å². The molecule has 5 aromatic rings. The summed E-state index contributed by atoms with van der Waals surface area (Å²) < 4.78 is 3.65. The van der Waals surface area contributed by atoms with E-state index in [0.29, 0.717) is 0 Å². The van der Waals surface area contributed by atoms with Gasteiger partial charge in [-0.3, -0.25) is 0 Å². The summed E-state index contributed by atoms with van der Waals surface area (Å²) in [7, 11) is 0. The fraction of sp³-hybridized carbons (Fsp3) is 0. The van der Waals surface area contributed by atoms with Crippen LogP contribution >= 0.6 is 22.6 Å². The summed E-state index contributed by atoms with van der Waals surface area (Å²) in [6.07, 6.45) is 0. The Bertz CT molecular complexity index is 1120. The molecule has 0 bridgehead atoms. The molecule has 0 aliphatic rings. The van der Waals surface area contributed by atoms with Crippen LogP contribution in [0.25, 0.3) is 38.3 Å². The molecule has 0 radical (unpaired) electrons. The average molecular weight is 393 g/mol. The maximum atomic E-state index is 2.41. The van der Waals surface area contributed by atoms with Gasteiger partial charge >= 0.3 is 0 Å². The third-order valence-electron chi connectivity index (χ3n) is 4.38. The van der Waals surface area contributed by atoms with E-state index >= 15 is 0 Å². The van der Waals surface area contributed by atoms with E-state index in [2.05, 4.69) is 100.0 Å². The Balaban J connectivity index is 2.12. The zero-order valence-electron chi connectivity index (χ0n) is 11.8. The van der Waals surface area contributed by atoms with E-state index in [1.54, 1.807) is 0 Å². The van der Waals surface area contributed by atoms with Crippen molar-refractivity contribution in [3.63, 3.8) is 0 Å². The molecule has 0 aliphatic carbocycles. The Morgan fingerprint density at radius 3 is 2.27 bits per heavy atom. The lowest BCUT2D eigenvalue weighted by molar-refractivity contribution is 1.18. The van der Waals surface area contributed by atoms with Crippen LogP contribution in [0.5, 0.6) is 0 Å². The normalized spacial score (nSPS) is 11.9. The van der Waals surface area contributed by atoms with E-state index in [9.17, 15) is 0 Å². The Labute approximate surface area is 141 Å². The third-order valence-corrected chi connectivity index (χ3v) is 5.00. The molecule has 0 saturated heterocycles. The van der Waals surface area contributed by atoms with Gasteiger partial charge < -0.3 is 4.57 Å². The molecule has 0 spiro atoms. The number of aromatic nitrogens is 1. The maximum absolute atomic E-state index is 2.41. The lowest BCUT2D eigenvalue weighted by Crippen LogP contribution is -1.93. The van der Waals surface area contributed by atoms with Crippen LogP contribution in [0.4, 0.5) is 0 Å². The molecule has 1 nitrogen and oxygen atoms in total. The van der Waals surface area contributed by atoms with Crippen LogP contribution in [0.15, 0.2) is 72.8 Å². The summed E-state index contributed by atoms with van der Waals surface area (Å²) in [5.74, 6) is 0. The first kappa shape index (κ1) is 12.5. The lowest BCUT2D eigenvalue weighted by atomic mass is 10.0. The molecule has 0 unspecified atom stereocenters. The number of benzene rings is 4. The van der Waals surface area contributed by atoms with E-state index in [-0.39, 0.29) is 0 Å². The molecule has 2 heteroatoms. The molecule has 5 rings (SSSR count). The number of halogens is 1. The molecule has 104 valence electrons. The van der Waals surface area contributed by atoms with Crippen molar-refractivity contribution in [3.8, 4) is 5.69 Å². The minimum atomic E-state index is 1.22. The maximum Gasteiger partial charge on any atom is 0.0557 e. The van der Waals surface area contributed by atoms with Crippen LogP contribution in [0.3, 0.4) is 0 Å². The van der Waals surface area contributed by atoms with Gasteiger partial charge in [0.1, 0.15) is 0 Å². The lowest BCUT2D eigenvalue weighted by Gasteiger charge is -2.07. The van der Waals surface area contributed by atoms with Gasteiger partial charge in [-0.1, -0.05) is 42.5 Å². The second-order valence-electron chi connectivity index (χ2n) is 5.63. The predicted molar refractivity (Wildman–Crippen MR) is 102 cm³/mol. The highest BCUT2D eigenvalue weighted by atomic mass is 127. The van der Waals surface area contributed by atoms with Crippen molar-refractivity contribution < 1.29 is 0 Å². The van der Waals surface area contributed by atoms with Gasteiger partial charge in [-0.2, -0.15) is 0 Å². The van der Waals surface area contributed by atoms with Crippen LogP contribution in [-0.2, 0) is 0 Å². The molecular formula is C20H12IN. The SMILES string of the molecule is Ic1cc2ccc3cccc4c3c2c(c1)n4-c1ccccc1. The monoisotopic (exact) mass is 393 g/mol. The first-order valence-electron chi connectivity index (χ1n) is 7.33. The van der Waals surface area contributed by atoms with Gasteiger partial charge in [-0.05, 0) is 63.7 Å². The minimum Gasteiger partial charge on any atom is -0.309 e. The molecule has 4 aromatic carbocycles. The molecular weight excluding hydrogens is 381 g/mol. The van der Waals surface area contributed by atoms with Crippen molar-refractivity contribution in [2.75, 3.05) is 0 Å². The predicted octanol–water partition coefficient (Wildman–Crippen LogP) is 5.98. The van der Waals surface area contributed by atoms with Gasteiger partial charge in [0, 0.05) is 20.0 Å². The summed E-state index contributed by atoms with van der Waals surface area (Å²) >= 11 is 2.41. The molecule has 0 amide bonds. The standard InChI is InChI=1S/C20H12IN/c21-15-11-14-10-9-13-5-4-8-17-19(13)20(14)18(12-15)22(17)16-6-2-1-3-7-16/h1-12H. The van der Waals surface area contributed by atoms with E-state index < -0.39 is 0 Å². The largest absolute Gasteiger partial charge is 0.309 e. The Morgan fingerprint density at radius 1 is 0.636 bits per heavy atom. The number of rotatable bonds is 1. The van der Waals surface area contributed by atoms with Gasteiger partial charge in [0.05, 0.1) is 11.0 Å². The van der Waals surface area contributed by atoms with E-state index in [4.69, 9.17) is 0 Å². The highest BCUT2D eigenvalue weighted by Gasteiger charge is 2.16. The zero-order valence-corrected chi connectivity index (χ0v) is 13.9. The molecule has 1 aromatic heterocycles. The quantitative estimate of drug-likeness (QED) is 0.244. The Morgan fingerprint density at radius 2 is 1.41 bits per heavy atom. The molecule has 0 atom stereocenters. The number of para-hydroxylation sites is 1. The van der Waals surface area contributed by atoms with Crippen molar-refractivity contribution in [1.29, 1.82) is 0 Å². The Hall–Kier alpha value is -2.07. The summed E-state index contributed by atoms with van der Waals surface area (Å²) in [6, 6.07) is 26.2. The summed E-state index contributed by atoms with van der Waals surface area (Å²) in [6.45, 7) is 0. The van der Waals surface area contributed by atoms with Crippen LogP contribution in [0.1, 0.15) is 0 Å². The van der Waals surface area contributed by atoms with Crippen molar-refractivity contribution in [2.45, 2.75) is 0 Å². The fourth-order valence-electron chi connectivity index (χ4n) is 3.51. The molecule has 1 heterocycles. The number of hydrogen-bond acceptors (Lipinski definition) is 0. The number of hydrogen-bond donors (Lipinski definition) is 0. The van der Waals surface area contributed by atoms with Crippen molar-refractivity contribution in [2.24, 2.45) is 0 Å². The van der Waals surface area contributed by atoms with Gasteiger partial charge in [0.15, 0.2) is 0 Å². The topological polar surface area (TPSA) is 4.93 Å². The van der Waals surface area contributed by atoms with E-state index in [0.717, 1.165) is 0 Å². The summed E-state index contributed by atoms with van der Waals surface area (Å²) in [5, 5.41) is 5.37. The molecule has 0 aliphatic heterocycles. The minimum absolute atomic E-state index is 1.22. The van der Waals surface area contributed by atoms with Gasteiger partial charge in [0.2, 0.25) is 0 Å². The van der Waals surface area contributed by atoms with Crippen molar-refractivity contribution in [1.82, 2.24) is 4.57 Å². The summed E-state index contributed by atoms with van der Waals surface area (Å²) in [4.78, 5) is 0. The third kappa shape index (κ3) is 1.59. The summed E-state index contributed by atoms with van der Waals surface area (Å²) in [5.41, 5.74) is 3.79. The first-order chi connectivity index (χ1) is 10.8. The van der Waals surface area contributed by atoms with Crippen LogP contribution in [0.2, 0.25) is 0 Å². The van der Waals surface area contributed by atoms with Crippen LogP contribution in [0, 0.1) is 3.57 Å². The fourth-order valence-corrected chi connectivity index (χ4v) is 4.14. The van der Waals surface area contributed by atoms with Gasteiger partial charge in [-0.25, -0.2) is 0 Å². The van der Waals surface area contributed by atoms with E-state index in [1.165, 1.54) is 41.8 Å². The smallest absolute Gasteiger partial charge is 0.0557 e. The second-order valence-corrected chi connectivity index (χ2v) is 6.88. The van der Waals surface area contributed by atoms with Crippen LogP contribution < -0.4 is 0 Å². The molecule has 22 heavy (non-hydrogen) atoms. The highest BCUT2D eigenvalue weighted by molar-refractivity contribution is 14.1. The average Bonchev–Trinajstić information content (AvgIpc) is 2.88. The molecule has 0 saturated carbocycles. The van der Waals surface area contributed by atoms with Crippen molar-refractivity contribution in [3.05, 3.63) is 76.4 Å². The highest BCUT2D eigenvalue weighted by Crippen LogP contribution is 2.39. The number of nitrogens with zero attached hydrogens (tertiary/aromatic N) is 1. The first-order valence-corrected chi connectivity index (χ1v) is 8.41. The molecule has 0 N–H and O–H groups in total. The zero-order chi connectivity index (χ0) is 14.7.